The average molecular weight is 336 g/mol. The number of nitrogens with two attached hydrogens (primary N) is 1. The van der Waals surface area contributed by atoms with Crippen LogP contribution in [0.25, 0.3) is 23.2 Å². The molecule has 0 amide bonds. The SMILES string of the molecule is C=C/C=C(\C=C/N)C(=O)c1c2c(nc3[nH]nc(C)c13)=CCC(OC)C=2. The number of ketones is 1. The largest absolute Gasteiger partial charge is 0.405 e. The number of Topliss-reactive ketones (excluding diaryl/α,β-unsaturated/α-hetero) is 1. The van der Waals surface area contributed by atoms with Crippen molar-refractivity contribution in [1.29, 1.82) is 0 Å². The quantitative estimate of drug-likeness (QED) is 0.483. The van der Waals surface area contributed by atoms with E-state index in [9.17, 15) is 4.79 Å². The molecule has 0 bridgehead atoms. The number of nitrogens with one attached hydrogen (secondary N) is 1. The van der Waals surface area contributed by atoms with Crippen LogP contribution < -0.4 is 16.3 Å². The maximum Gasteiger partial charge on any atom is 0.194 e. The zero-order valence-corrected chi connectivity index (χ0v) is 14.2. The van der Waals surface area contributed by atoms with Crippen LogP contribution in [0.1, 0.15) is 22.5 Å². The van der Waals surface area contributed by atoms with Gasteiger partial charge in [-0.05, 0) is 31.7 Å². The predicted octanol–water partition coefficient (Wildman–Crippen LogP) is 1.01. The first-order valence-corrected chi connectivity index (χ1v) is 7.96. The molecule has 3 rings (SSSR count). The van der Waals surface area contributed by atoms with E-state index in [1.807, 2.05) is 19.1 Å². The van der Waals surface area contributed by atoms with Crippen molar-refractivity contribution >= 4 is 29.0 Å². The molecule has 2 heterocycles. The highest BCUT2D eigenvalue weighted by molar-refractivity contribution is 6.17. The van der Waals surface area contributed by atoms with Crippen molar-refractivity contribution in [3.8, 4) is 0 Å². The molecular weight excluding hydrogens is 316 g/mol. The van der Waals surface area contributed by atoms with Gasteiger partial charge in [0, 0.05) is 23.5 Å². The number of carbonyl (C=O) groups excluding carboxylic acids is 1. The van der Waals surface area contributed by atoms with Gasteiger partial charge in [-0.15, -0.1) is 0 Å². The Bertz CT molecular complexity index is 1030. The number of fused-ring (bicyclic) bond motifs is 2. The summed E-state index contributed by atoms with van der Waals surface area (Å²) in [7, 11) is 1.65. The fourth-order valence-corrected chi connectivity index (χ4v) is 3.03. The maximum absolute atomic E-state index is 13.3. The summed E-state index contributed by atoms with van der Waals surface area (Å²) < 4.78 is 5.45. The smallest absolute Gasteiger partial charge is 0.194 e. The van der Waals surface area contributed by atoms with E-state index in [4.69, 9.17) is 10.5 Å². The minimum absolute atomic E-state index is 0.0950. The number of allylic oxidation sites excluding steroid dienone is 4. The van der Waals surface area contributed by atoms with Gasteiger partial charge < -0.3 is 10.5 Å². The summed E-state index contributed by atoms with van der Waals surface area (Å²) >= 11 is 0. The van der Waals surface area contributed by atoms with Gasteiger partial charge in [0.2, 0.25) is 0 Å². The first kappa shape index (κ1) is 16.9. The Morgan fingerprint density at radius 2 is 2.32 bits per heavy atom. The molecule has 0 aliphatic heterocycles. The first-order chi connectivity index (χ1) is 12.1. The lowest BCUT2D eigenvalue weighted by atomic mass is 9.95. The summed E-state index contributed by atoms with van der Waals surface area (Å²) in [4.78, 5) is 17.9. The Hall–Kier alpha value is -2.99. The van der Waals surface area contributed by atoms with Crippen molar-refractivity contribution in [1.82, 2.24) is 15.2 Å². The molecule has 0 saturated heterocycles. The summed E-state index contributed by atoms with van der Waals surface area (Å²) in [6.45, 7) is 5.52. The fourth-order valence-electron chi connectivity index (χ4n) is 3.03. The first-order valence-electron chi connectivity index (χ1n) is 7.96. The lowest BCUT2D eigenvalue weighted by Crippen LogP contribution is -2.38. The maximum atomic E-state index is 13.3. The molecule has 1 aliphatic rings. The van der Waals surface area contributed by atoms with E-state index in [1.165, 1.54) is 6.20 Å². The molecular formula is C19H20N4O2. The van der Waals surface area contributed by atoms with Crippen LogP contribution in [0.2, 0.25) is 0 Å². The van der Waals surface area contributed by atoms with E-state index in [0.29, 0.717) is 28.6 Å². The fraction of sp³-hybridized carbons (Fsp3) is 0.211. The summed E-state index contributed by atoms with van der Waals surface area (Å²) in [5, 5.41) is 9.35. The van der Waals surface area contributed by atoms with Gasteiger partial charge >= 0.3 is 0 Å². The number of H-pyrrole nitrogens is 1. The lowest BCUT2D eigenvalue weighted by molar-refractivity contribution is 0.103. The Labute approximate surface area is 145 Å². The van der Waals surface area contributed by atoms with E-state index in [0.717, 1.165) is 16.3 Å². The molecule has 1 atom stereocenters. The van der Waals surface area contributed by atoms with Crippen LogP contribution in [-0.2, 0) is 4.74 Å². The van der Waals surface area contributed by atoms with Crippen molar-refractivity contribution in [2.24, 2.45) is 5.73 Å². The summed E-state index contributed by atoms with van der Waals surface area (Å²) in [5.74, 6) is -0.156. The van der Waals surface area contributed by atoms with E-state index < -0.39 is 0 Å². The van der Waals surface area contributed by atoms with Gasteiger partial charge in [-0.25, -0.2) is 4.98 Å². The third-order valence-corrected chi connectivity index (χ3v) is 4.22. The van der Waals surface area contributed by atoms with Crippen molar-refractivity contribution in [3.05, 3.63) is 58.4 Å². The summed E-state index contributed by atoms with van der Waals surface area (Å²) in [6.07, 6.45) is 10.6. The molecule has 25 heavy (non-hydrogen) atoms. The number of aryl methyl sites for hydroxylation is 1. The highest BCUT2D eigenvalue weighted by Crippen LogP contribution is 2.19. The van der Waals surface area contributed by atoms with Crippen LogP contribution in [0.4, 0.5) is 0 Å². The lowest BCUT2D eigenvalue weighted by Gasteiger charge is -2.14. The van der Waals surface area contributed by atoms with Crippen LogP contribution >= 0.6 is 0 Å². The van der Waals surface area contributed by atoms with Crippen LogP contribution in [0, 0.1) is 6.92 Å². The summed E-state index contributed by atoms with van der Waals surface area (Å²) in [5.41, 5.74) is 7.81. The van der Waals surface area contributed by atoms with Crippen molar-refractivity contribution in [3.63, 3.8) is 0 Å². The molecule has 3 N–H and O–H groups in total. The Kier molecular flexibility index (Phi) is 4.63. The number of rotatable bonds is 5. The summed E-state index contributed by atoms with van der Waals surface area (Å²) in [6, 6.07) is 0. The molecule has 6 nitrogen and oxygen atoms in total. The second kappa shape index (κ2) is 6.86. The minimum Gasteiger partial charge on any atom is -0.405 e. The topological polar surface area (TPSA) is 93.9 Å². The normalized spacial score (nSPS) is 17.2. The molecule has 1 aliphatic carbocycles. The molecule has 0 fully saturated rings. The third-order valence-electron chi connectivity index (χ3n) is 4.22. The van der Waals surface area contributed by atoms with Gasteiger partial charge in [0.15, 0.2) is 11.4 Å². The van der Waals surface area contributed by atoms with Crippen LogP contribution in [-0.4, -0.2) is 34.2 Å². The van der Waals surface area contributed by atoms with Gasteiger partial charge in [-0.2, -0.15) is 5.10 Å². The molecule has 0 spiro atoms. The Morgan fingerprint density at radius 1 is 1.52 bits per heavy atom. The van der Waals surface area contributed by atoms with Crippen molar-refractivity contribution in [2.45, 2.75) is 19.4 Å². The van der Waals surface area contributed by atoms with Crippen LogP contribution in [0.5, 0.6) is 0 Å². The van der Waals surface area contributed by atoms with Gasteiger partial charge in [0.05, 0.1) is 22.5 Å². The molecule has 0 aromatic carbocycles. The number of aromatic amines is 1. The molecule has 0 saturated carbocycles. The number of methoxy groups -OCH3 is 1. The number of ether oxygens (including phenoxy) is 1. The zero-order valence-electron chi connectivity index (χ0n) is 14.2. The van der Waals surface area contributed by atoms with Crippen molar-refractivity contribution in [2.75, 3.05) is 7.11 Å². The van der Waals surface area contributed by atoms with E-state index >= 15 is 0 Å². The molecule has 6 heteroatoms. The molecule has 0 radical (unpaired) electrons. The third kappa shape index (κ3) is 2.92. The second-order valence-corrected chi connectivity index (χ2v) is 5.74. The van der Waals surface area contributed by atoms with Crippen LogP contribution in [0.3, 0.4) is 0 Å². The van der Waals surface area contributed by atoms with Gasteiger partial charge in [0.1, 0.15) is 0 Å². The standard InChI is InChI=1S/C19H20N4O2/c1-4-5-12(8-9-20)18(24)17-14-10-13(25-3)6-7-15(14)21-19-16(17)11(2)22-23-19/h4-5,7-10,13H,1,6,20H2,2-3H3,(H,21,23)/b9-8-,12-5+. The number of aromatic nitrogens is 3. The number of carbonyl (C=O) groups is 1. The second-order valence-electron chi connectivity index (χ2n) is 5.74. The minimum atomic E-state index is -0.156. The van der Waals surface area contributed by atoms with Crippen molar-refractivity contribution < 1.29 is 9.53 Å². The van der Waals surface area contributed by atoms with E-state index in [2.05, 4.69) is 21.8 Å². The number of hydrogen-bond acceptors (Lipinski definition) is 5. The predicted molar refractivity (Wildman–Crippen MR) is 98.2 cm³/mol. The van der Waals surface area contributed by atoms with Gasteiger partial charge in [0.25, 0.3) is 0 Å². The molecule has 128 valence electrons. The van der Waals surface area contributed by atoms with Gasteiger partial charge in [-0.1, -0.05) is 24.8 Å². The highest BCUT2D eigenvalue weighted by atomic mass is 16.5. The highest BCUT2D eigenvalue weighted by Gasteiger charge is 2.22. The Balaban J connectivity index is 2.40. The molecule has 2 aromatic heterocycles. The number of nitrogens with zero attached hydrogens (tertiary/aromatic N) is 2. The van der Waals surface area contributed by atoms with Crippen LogP contribution in [0.15, 0.2) is 36.6 Å². The average Bonchev–Trinajstić information content (AvgIpc) is 2.99. The van der Waals surface area contributed by atoms with E-state index in [1.54, 1.807) is 25.3 Å². The monoisotopic (exact) mass is 336 g/mol. The molecule has 2 aromatic rings. The zero-order chi connectivity index (χ0) is 18.0. The van der Waals surface area contributed by atoms with E-state index in [-0.39, 0.29) is 11.9 Å². The van der Waals surface area contributed by atoms with Gasteiger partial charge in [-0.3, -0.25) is 9.89 Å². The number of pyridine rings is 1. The number of hydrogen-bond donors (Lipinski definition) is 2. The molecule has 1 unspecified atom stereocenters. The Morgan fingerprint density at radius 3 is 3.00 bits per heavy atom.